The summed E-state index contributed by atoms with van der Waals surface area (Å²) in [6.45, 7) is 3.38. The van der Waals surface area contributed by atoms with E-state index >= 15 is 0 Å². The number of aryl methyl sites for hydroxylation is 1. The second-order valence-corrected chi connectivity index (χ2v) is 3.85. The zero-order valence-electron chi connectivity index (χ0n) is 7.78. The van der Waals surface area contributed by atoms with Gasteiger partial charge in [0.2, 0.25) is 0 Å². The molecule has 72 valence electrons. The summed E-state index contributed by atoms with van der Waals surface area (Å²) < 4.78 is 2.56. The van der Waals surface area contributed by atoms with Gasteiger partial charge in [0.25, 0.3) is 0 Å². The van der Waals surface area contributed by atoms with Crippen molar-refractivity contribution in [2.45, 2.75) is 13.8 Å². The molecule has 2 aromatic rings. The van der Waals surface area contributed by atoms with Crippen LogP contribution in [0.15, 0.2) is 17.0 Å². The molecule has 2 rings (SSSR count). The summed E-state index contributed by atoms with van der Waals surface area (Å²) in [6.07, 6.45) is 3.42. The number of fused-ring (bicyclic) bond motifs is 1. The quantitative estimate of drug-likeness (QED) is 0.731. The lowest BCUT2D eigenvalue weighted by Gasteiger charge is -1.95. The molecule has 0 fully saturated rings. The third-order valence-corrected chi connectivity index (χ3v) is 2.46. The maximum atomic E-state index is 11.2. The molecule has 0 aliphatic carbocycles. The summed E-state index contributed by atoms with van der Waals surface area (Å²) in [4.78, 5) is 19.4. The van der Waals surface area contributed by atoms with Gasteiger partial charge in [0.1, 0.15) is 10.3 Å². The van der Waals surface area contributed by atoms with Crippen molar-refractivity contribution in [2.24, 2.45) is 0 Å². The number of rotatable bonds is 1. The second-order valence-electron chi connectivity index (χ2n) is 3.04. The van der Waals surface area contributed by atoms with Gasteiger partial charge in [-0.1, -0.05) is 0 Å². The molecule has 0 bridgehead atoms. The van der Waals surface area contributed by atoms with Crippen LogP contribution in [-0.4, -0.2) is 20.2 Å². The lowest BCUT2D eigenvalue weighted by molar-refractivity contribution is 0.101. The van der Waals surface area contributed by atoms with Crippen LogP contribution >= 0.6 is 15.9 Å². The van der Waals surface area contributed by atoms with Crippen LogP contribution in [0.3, 0.4) is 0 Å². The Bertz CT molecular complexity index is 518. The largest absolute Gasteiger partial charge is 0.300 e. The molecule has 0 saturated heterocycles. The summed E-state index contributed by atoms with van der Waals surface area (Å²) >= 11 is 3.27. The molecule has 14 heavy (non-hydrogen) atoms. The van der Waals surface area contributed by atoms with Crippen LogP contribution in [0.5, 0.6) is 0 Å². The van der Waals surface area contributed by atoms with Gasteiger partial charge in [0.05, 0.1) is 11.9 Å². The first-order chi connectivity index (χ1) is 6.59. The topological polar surface area (TPSA) is 47.3 Å². The number of aromatic nitrogens is 3. The molecule has 0 atom stereocenters. The number of halogens is 1. The Morgan fingerprint density at radius 1 is 1.57 bits per heavy atom. The minimum Gasteiger partial charge on any atom is -0.300 e. The summed E-state index contributed by atoms with van der Waals surface area (Å²) in [5.41, 5.74) is 2.04. The van der Waals surface area contributed by atoms with Gasteiger partial charge in [-0.05, 0) is 22.9 Å². The first-order valence-corrected chi connectivity index (χ1v) is 4.90. The van der Waals surface area contributed by atoms with Crippen LogP contribution in [-0.2, 0) is 0 Å². The maximum absolute atomic E-state index is 11.2. The molecule has 0 aromatic carbocycles. The highest BCUT2D eigenvalue weighted by Gasteiger charge is 2.11. The molecule has 2 aromatic heterocycles. The van der Waals surface area contributed by atoms with Gasteiger partial charge in [0, 0.05) is 13.1 Å². The summed E-state index contributed by atoms with van der Waals surface area (Å²) in [5.74, 6) is -0.0256. The highest BCUT2D eigenvalue weighted by Crippen LogP contribution is 2.14. The van der Waals surface area contributed by atoms with Gasteiger partial charge in [0.15, 0.2) is 11.4 Å². The fourth-order valence-electron chi connectivity index (χ4n) is 1.38. The van der Waals surface area contributed by atoms with Crippen LogP contribution in [0.4, 0.5) is 0 Å². The molecule has 0 amide bonds. The van der Waals surface area contributed by atoms with Crippen molar-refractivity contribution < 1.29 is 4.79 Å². The van der Waals surface area contributed by atoms with Gasteiger partial charge in [-0.25, -0.2) is 9.97 Å². The monoisotopic (exact) mass is 253 g/mol. The predicted octanol–water partition coefficient (Wildman–Crippen LogP) is 2.00. The van der Waals surface area contributed by atoms with Gasteiger partial charge < -0.3 is 0 Å². The van der Waals surface area contributed by atoms with E-state index in [0.717, 1.165) is 10.3 Å². The normalized spacial score (nSPS) is 10.8. The Morgan fingerprint density at radius 3 is 2.93 bits per heavy atom. The Kier molecular flexibility index (Phi) is 2.11. The molecule has 5 heteroatoms. The second kappa shape index (κ2) is 3.16. The van der Waals surface area contributed by atoms with Gasteiger partial charge in [-0.2, -0.15) is 0 Å². The van der Waals surface area contributed by atoms with E-state index in [-0.39, 0.29) is 5.78 Å². The highest BCUT2D eigenvalue weighted by atomic mass is 79.9. The molecule has 0 aliphatic rings. The number of ketones is 1. The molecule has 0 N–H and O–H groups in total. The lowest BCUT2D eigenvalue weighted by Crippen LogP contribution is -1.95. The molecule has 2 heterocycles. The SMILES string of the molecule is CC(=O)c1nc2cnc(Br)cn2c1C. The molecule has 0 unspecified atom stereocenters. The minimum atomic E-state index is -0.0256. The maximum Gasteiger partial charge on any atom is 0.179 e. The van der Waals surface area contributed by atoms with E-state index in [1.807, 2.05) is 11.3 Å². The molecule has 0 radical (unpaired) electrons. The Hall–Kier alpha value is -1.23. The Labute approximate surface area is 89.1 Å². The zero-order chi connectivity index (χ0) is 10.3. The van der Waals surface area contributed by atoms with Crippen molar-refractivity contribution in [3.63, 3.8) is 0 Å². The number of nitrogens with zero attached hydrogens (tertiary/aromatic N) is 3. The van der Waals surface area contributed by atoms with Crippen molar-refractivity contribution in [2.75, 3.05) is 0 Å². The Balaban J connectivity index is 2.80. The van der Waals surface area contributed by atoms with E-state index < -0.39 is 0 Å². The van der Waals surface area contributed by atoms with E-state index in [4.69, 9.17) is 0 Å². The third-order valence-electron chi connectivity index (χ3n) is 2.05. The Morgan fingerprint density at radius 2 is 2.29 bits per heavy atom. The number of hydrogen-bond donors (Lipinski definition) is 0. The van der Waals surface area contributed by atoms with Crippen LogP contribution in [0.1, 0.15) is 23.1 Å². The number of carbonyl (C=O) groups is 1. The van der Waals surface area contributed by atoms with Gasteiger partial charge in [-0.3, -0.25) is 9.20 Å². The molecule has 0 spiro atoms. The molecule has 4 nitrogen and oxygen atoms in total. The van der Waals surface area contributed by atoms with Gasteiger partial charge >= 0.3 is 0 Å². The van der Waals surface area contributed by atoms with Gasteiger partial charge in [-0.15, -0.1) is 0 Å². The smallest absolute Gasteiger partial charge is 0.179 e. The molecular formula is C9H8BrN3O. The fraction of sp³-hybridized carbons (Fsp3) is 0.222. The average molecular weight is 254 g/mol. The fourth-order valence-corrected chi connectivity index (χ4v) is 1.69. The van der Waals surface area contributed by atoms with Crippen LogP contribution in [0.2, 0.25) is 0 Å². The molecular weight excluding hydrogens is 246 g/mol. The van der Waals surface area contributed by atoms with Crippen molar-refractivity contribution >= 4 is 27.4 Å². The summed E-state index contributed by atoms with van der Waals surface area (Å²) in [6, 6.07) is 0. The average Bonchev–Trinajstić information content (AvgIpc) is 2.44. The first kappa shape index (κ1) is 9.33. The van der Waals surface area contributed by atoms with Crippen LogP contribution in [0.25, 0.3) is 5.65 Å². The van der Waals surface area contributed by atoms with Crippen LogP contribution in [0, 0.1) is 6.92 Å². The van der Waals surface area contributed by atoms with E-state index in [2.05, 4.69) is 25.9 Å². The van der Waals surface area contributed by atoms with Crippen molar-refractivity contribution in [3.05, 3.63) is 28.4 Å². The van der Waals surface area contributed by atoms with E-state index in [0.29, 0.717) is 11.3 Å². The molecule has 0 aliphatic heterocycles. The van der Waals surface area contributed by atoms with Crippen molar-refractivity contribution in [3.8, 4) is 0 Å². The van der Waals surface area contributed by atoms with E-state index in [1.165, 1.54) is 6.92 Å². The van der Waals surface area contributed by atoms with E-state index in [9.17, 15) is 4.79 Å². The third kappa shape index (κ3) is 1.33. The first-order valence-electron chi connectivity index (χ1n) is 4.10. The highest BCUT2D eigenvalue weighted by molar-refractivity contribution is 9.10. The number of carbonyl (C=O) groups excluding carboxylic acids is 1. The molecule has 0 saturated carbocycles. The number of imidazole rings is 1. The standard InChI is InChI=1S/C9H8BrN3O/c1-5-9(6(2)14)12-8-3-11-7(10)4-13(5)8/h3-4H,1-2H3. The number of hydrogen-bond acceptors (Lipinski definition) is 3. The minimum absolute atomic E-state index is 0.0256. The van der Waals surface area contributed by atoms with E-state index in [1.54, 1.807) is 12.4 Å². The van der Waals surface area contributed by atoms with Crippen molar-refractivity contribution in [1.82, 2.24) is 14.4 Å². The lowest BCUT2D eigenvalue weighted by atomic mass is 10.3. The predicted molar refractivity (Wildman–Crippen MR) is 55.4 cm³/mol. The van der Waals surface area contributed by atoms with Crippen LogP contribution < -0.4 is 0 Å². The zero-order valence-corrected chi connectivity index (χ0v) is 9.37. The summed E-state index contributed by atoms with van der Waals surface area (Å²) in [7, 11) is 0. The van der Waals surface area contributed by atoms with Crippen molar-refractivity contribution in [1.29, 1.82) is 0 Å². The number of Topliss-reactive ketones (excluding diaryl/α,β-unsaturated/α-hetero) is 1. The summed E-state index contributed by atoms with van der Waals surface area (Å²) in [5, 5.41) is 0.